The van der Waals surface area contributed by atoms with Crippen molar-refractivity contribution < 1.29 is 22.8 Å². The normalized spacial score (nSPS) is 16.6. The molecule has 1 aliphatic heterocycles. The number of halogens is 3. The zero-order valence-electron chi connectivity index (χ0n) is 13.8. The van der Waals surface area contributed by atoms with Crippen LogP contribution in [0.4, 0.5) is 13.2 Å². The second-order valence-corrected chi connectivity index (χ2v) is 6.08. The van der Waals surface area contributed by atoms with Gasteiger partial charge in [0.2, 0.25) is 5.91 Å². The lowest BCUT2D eigenvalue weighted by Gasteiger charge is -2.24. The fourth-order valence-electron chi connectivity index (χ4n) is 3.03. The van der Waals surface area contributed by atoms with Crippen molar-refractivity contribution in [1.29, 1.82) is 0 Å². The Labute approximate surface area is 148 Å². The minimum Gasteiger partial charge on any atom is -0.350 e. The van der Waals surface area contributed by atoms with Crippen molar-refractivity contribution in [1.82, 2.24) is 10.2 Å². The SMILES string of the molecule is O=C(NCc1ccccc1)[C@H]1CCCN1C(=O)c1ccc(F)c(F)c1F. The Bertz CT molecular complexity index is 827. The van der Waals surface area contributed by atoms with E-state index in [1.165, 1.54) is 4.90 Å². The van der Waals surface area contributed by atoms with Crippen LogP contribution in [0.25, 0.3) is 0 Å². The first-order chi connectivity index (χ1) is 12.5. The van der Waals surface area contributed by atoms with Crippen molar-refractivity contribution >= 4 is 11.8 Å². The van der Waals surface area contributed by atoms with Gasteiger partial charge in [0.1, 0.15) is 6.04 Å². The highest BCUT2D eigenvalue weighted by molar-refractivity contribution is 5.98. The molecule has 0 spiro atoms. The Morgan fingerprint density at radius 1 is 1.04 bits per heavy atom. The van der Waals surface area contributed by atoms with Gasteiger partial charge in [0, 0.05) is 13.1 Å². The van der Waals surface area contributed by atoms with E-state index in [1.807, 2.05) is 30.3 Å². The van der Waals surface area contributed by atoms with Crippen molar-refractivity contribution in [2.24, 2.45) is 0 Å². The van der Waals surface area contributed by atoms with Gasteiger partial charge in [0.15, 0.2) is 17.5 Å². The number of nitrogens with one attached hydrogen (secondary N) is 1. The van der Waals surface area contributed by atoms with Gasteiger partial charge in [-0.25, -0.2) is 13.2 Å². The van der Waals surface area contributed by atoms with Gasteiger partial charge in [-0.1, -0.05) is 30.3 Å². The molecule has 0 saturated carbocycles. The molecule has 26 heavy (non-hydrogen) atoms. The van der Waals surface area contributed by atoms with E-state index in [0.717, 1.165) is 11.6 Å². The second-order valence-electron chi connectivity index (χ2n) is 6.08. The number of hydrogen-bond acceptors (Lipinski definition) is 2. The molecule has 7 heteroatoms. The summed E-state index contributed by atoms with van der Waals surface area (Å²) in [4.78, 5) is 26.2. The summed E-state index contributed by atoms with van der Waals surface area (Å²) in [6.45, 7) is 0.554. The number of amides is 2. The lowest BCUT2D eigenvalue weighted by atomic mass is 10.1. The number of benzene rings is 2. The summed E-state index contributed by atoms with van der Waals surface area (Å²) in [5.74, 6) is -5.77. The van der Waals surface area contributed by atoms with Crippen LogP contribution in [0.1, 0.15) is 28.8 Å². The van der Waals surface area contributed by atoms with Gasteiger partial charge in [-0.15, -0.1) is 0 Å². The molecule has 0 bridgehead atoms. The molecule has 1 fully saturated rings. The third-order valence-electron chi connectivity index (χ3n) is 4.39. The van der Waals surface area contributed by atoms with Gasteiger partial charge >= 0.3 is 0 Å². The molecule has 136 valence electrons. The summed E-state index contributed by atoms with van der Waals surface area (Å²) >= 11 is 0. The van der Waals surface area contributed by atoms with E-state index in [1.54, 1.807) is 0 Å². The molecule has 1 N–H and O–H groups in total. The highest BCUT2D eigenvalue weighted by Gasteiger charge is 2.36. The molecule has 1 saturated heterocycles. The van der Waals surface area contributed by atoms with Crippen molar-refractivity contribution in [2.45, 2.75) is 25.4 Å². The van der Waals surface area contributed by atoms with E-state index in [0.29, 0.717) is 25.5 Å². The molecule has 3 rings (SSSR count). The minimum atomic E-state index is -1.69. The van der Waals surface area contributed by atoms with Crippen molar-refractivity contribution in [2.75, 3.05) is 6.54 Å². The maximum atomic E-state index is 13.9. The first-order valence-corrected chi connectivity index (χ1v) is 8.25. The Morgan fingerprint density at radius 3 is 2.50 bits per heavy atom. The highest BCUT2D eigenvalue weighted by atomic mass is 19.2. The van der Waals surface area contributed by atoms with Crippen LogP contribution in [0.3, 0.4) is 0 Å². The third kappa shape index (κ3) is 3.56. The number of hydrogen-bond donors (Lipinski definition) is 1. The molecule has 1 aliphatic rings. The summed E-state index contributed by atoms with van der Waals surface area (Å²) in [6, 6.07) is 10.1. The monoisotopic (exact) mass is 362 g/mol. The molecule has 1 heterocycles. The van der Waals surface area contributed by atoms with Crippen LogP contribution in [0, 0.1) is 17.5 Å². The maximum absolute atomic E-state index is 13.9. The molecular formula is C19H17F3N2O2. The predicted molar refractivity (Wildman–Crippen MR) is 88.7 cm³/mol. The lowest BCUT2D eigenvalue weighted by Crippen LogP contribution is -2.46. The second kappa shape index (κ2) is 7.59. The molecule has 0 unspecified atom stereocenters. The van der Waals surface area contributed by atoms with Gasteiger partial charge in [-0.2, -0.15) is 0 Å². The first-order valence-electron chi connectivity index (χ1n) is 8.25. The van der Waals surface area contributed by atoms with Crippen LogP contribution in [0.5, 0.6) is 0 Å². The van der Waals surface area contributed by atoms with Crippen LogP contribution in [0.15, 0.2) is 42.5 Å². The lowest BCUT2D eigenvalue weighted by molar-refractivity contribution is -0.125. The Balaban J connectivity index is 1.72. The molecule has 0 aliphatic carbocycles. The van der Waals surface area contributed by atoms with Gasteiger partial charge in [0.25, 0.3) is 5.91 Å². The Morgan fingerprint density at radius 2 is 1.77 bits per heavy atom. The predicted octanol–water partition coefficient (Wildman–Crippen LogP) is 3.02. The standard InChI is InChI=1S/C19H17F3N2O2/c20-14-9-8-13(16(21)17(14)22)19(26)24-10-4-7-15(24)18(25)23-11-12-5-2-1-3-6-12/h1-3,5-6,8-9,15H,4,7,10-11H2,(H,23,25)/t15-/m1/s1. The molecule has 2 aromatic rings. The minimum absolute atomic E-state index is 0.251. The average molecular weight is 362 g/mol. The number of rotatable bonds is 4. The number of carbonyl (C=O) groups is 2. The van der Waals surface area contributed by atoms with Gasteiger partial charge in [-0.3, -0.25) is 9.59 Å². The molecule has 0 radical (unpaired) electrons. The van der Waals surface area contributed by atoms with E-state index < -0.39 is 35.0 Å². The average Bonchev–Trinajstić information content (AvgIpc) is 3.14. The third-order valence-corrected chi connectivity index (χ3v) is 4.39. The number of likely N-dealkylation sites (tertiary alicyclic amines) is 1. The molecule has 2 amide bonds. The molecule has 0 aromatic heterocycles. The maximum Gasteiger partial charge on any atom is 0.257 e. The number of nitrogens with zero attached hydrogens (tertiary/aromatic N) is 1. The van der Waals surface area contributed by atoms with Crippen LogP contribution in [0.2, 0.25) is 0 Å². The Hall–Kier alpha value is -2.83. The van der Waals surface area contributed by atoms with E-state index in [-0.39, 0.29) is 12.5 Å². The summed E-state index contributed by atoms with van der Waals surface area (Å²) in [5.41, 5.74) is 0.329. The van der Waals surface area contributed by atoms with Crippen LogP contribution < -0.4 is 5.32 Å². The van der Waals surface area contributed by atoms with Gasteiger partial charge in [-0.05, 0) is 30.5 Å². The zero-order valence-corrected chi connectivity index (χ0v) is 13.8. The number of carbonyl (C=O) groups excluding carboxylic acids is 2. The fourth-order valence-corrected chi connectivity index (χ4v) is 3.03. The molecular weight excluding hydrogens is 345 g/mol. The topological polar surface area (TPSA) is 49.4 Å². The van der Waals surface area contributed by atoms with E-state index in [4.69, 9.17) is 0 Å². The van der Waals surface area contributed by atoms with Gasteiger partial charge < -0.3 is 10.2 Å². The largest absolute Gasteiger partial charge is 0.350 e. The van der Waals surface area contributed by atoms with E-state index in [9.17, 15) is 22.8 Å². The van der Waals surface area contributed by atoms with Crippen LogP contribution >= 0.6 is 0 Å². The van der Waals surface area contributed by atoms with Gasteiger partial charge in [0.05, 0.1) is 5.56 Å². The summed E-state index contributed by atoms with van der Waals surface area (Å²) in [6.07, 6.45) is 0.998. The summed E-state index contributed by atoms with van der Waals surface area (Å²) in [7, 11) is 0. The first kappa shape index (κ1) is 18.0. The van der Waals surface area contributed by atoms with Crippen LogP contribution in [-0.4, -0.2) is 29.3 Å². The zero-order chi connectivity index (χ0) is 18.7. The van der Waals surface area contributed by atoms with E-state index >= 15 is 0 Å². The van der Waals surface area contributed by atoms with Crippen molar-refractivity contribution in [3.8, 4) is 0 Å². The molecule has 2 aromatic carbocycles. The van der Waals surface area contributed by atoms with Crippen molar-refractivity contribution in [3.05, 3.63) is 71.0 Å². The quantitative estimate of drug-likeness (QED) is 0.850. The summed E-state index contributed by atoms with van der Waals surface area (Å²) < 4.78 is 40.4. The van der Waals surface area contributed by atoms with Crippen molar-refractivity contribution in [3.63, 3.8) is 0 Å². The highest BCUT2D eigenvalue weighted by Crippen LogP contribution is 2.23. The van der Waals surface area contributed by atoms with Crippen LogP contribution in [-0.2, 0) is 11.3 Å². The van der Waals surface area contributed by atoms with E-state index in [2.05, 4.69) is 5.32 Å². The fraction of sp³-hybridized carbons (Fsp3) is 0.263. The Kier molecular flexibility index (Phi) is 5.25. The smallest absolute Gasteiger partial charge is 0.257 e. The summed E-state index contributed by atoms with van der Waals surface area (Å²) in [5, 5.41) is 2.75. The molecule has 1 atom stereocenters. The molecule has 4 nitrogen and oxygen atoms in total.